The van der Waals surface area contributed by atoms with Crippen molar-refractivity contribution in [2.24, 2.45) is 0 Å². The molecule has 7 aromatic carbocycles. The van der Waals surface area contributed by atoms with Crippen LogP contribution in [0.4, 0.5) is 4.79 Å². The third-order valence-corrected chi connectivity index (χ3v) is 59.8. The molecule has 13 rings (SSSR count). The lowest BCUT2D eigenvalue weighted by Crippen LogP contribution is -2.86. The van der Waals surface area contributed by atoms with Crippen LogP contribution in [0.15, 0.2) is 158 Å². The van der Waals surface area contributed by atoms with Crippen LogP contribution in [-0.4, -0.2) is 235 Å². The van der Waals surface area contributed by atoms with Gasteiger partial charge < -0.3 is 131 Å². The summed E-state index contributed by atoms with van der Waals surface area (Å²) in [5, 5.41) is 20.7. The monoisotopic (exact) mass is 2030 g/mol. The van der Waals surface area contributed by atoms with Gasteiger partial charge in [-0.2, -0.15) is 0 Å². The van der Waals surface area contributed by atoms with Gasteiger partial charge in [-0.15, -0.1) is 0 Å². The number of amides is 1. The van der Waals surface area contributed by atoms with Gasteiger partial charge in [0.15, 0.2) is 21.3 Å². The van der Waals surface area contributed by atoms with E-state index in [1.807, 2.05) is 48.5 Å². The maximum absolute atomic E-state index is 13.9. The first-order valence-corrected chi connectivity index (χ1v) is 67.5. The van der Waals surface area contributed by atoms with Crippen molar-refractivity contribution in [3.05, 3.63) is 180 Å². The zero-order valence-electron chi connectivity index (χ0n) is 80.5. The molecule has 6 fully saturated rings. The summed E-state index contributed by atoms with van der Waals surface area (Å²) in [6.07, 6.45) is 22.3. The zero-order chi connectivity index (χ0) is 94.8. The minimum absolute atomic E-state index is 0.00176. The van der Waals surface area contributed by atoms with Gasteiger partial charge in [-0.25, -0.2) is 4.79 Å². The molecule has 0 atom stereocenters. The van der Waals surface area contributed by atoms with Crippen LogP contribution in [0, 0.1) is 0 Å². The molecular formula is C96H145NO29Si9. The summed E-state index contributed by atoms with van der Waals surface area (Å²) in [7, 11) is -32.6. The Labute approximate surface area is 810 Å². The Morgan fingerprint density at radius 3 is 0.896 bits per heavy atom. The lowest BCUT2D eigenvalue weighted by atomic mass is 10.0. The lowest BCUT2D eigenvalue weighted by molar-refractivity contribution is -0.0364. The Hall–Kier alpha value is -6.28. The fraction of sp³-hybridized carbons (Fsp3) is 0.552. The topological polar surface area (TPSA) is 310 Å². The second-order valence-electron chi connectivity index (χ2n) is 34.9. The number of hydrogen-bond donors (Lipinski definition) is 3. The van der Waals surface area contributed by atoms with Crippen molar-refractivity contribution in [3.63, 3.8) is 0 Å². The van der Waals surface area contributed by atoms with Crippen LogP contribution < -0.4 is 33.7 Å². The van der Waals surface area contributed by atoms with E-state index < -0.39 is 86.5 Å². The number of hydrogen-bond acceptors (Lipinski definition) is 29. The van der Waals surface area contributed by atoms with Crippen molar-refractivity contribution in [2.75, 3.05) is 139 Å². The number of aliphatic hydroxyl groups is 2. The average Bonchev–Trinajstić information content (AvgIpc) is 0.697. The molecule has 7 aromatic rings. The number of carbonyl (C=O) groups excluding carboxylic acids is 1. The molecule has 6 aliphatic heterocycles. The van der Waals surface area contributed by atoms with Crippen molar-refractivity contribution < 1.29 is 130 Å². The van der Waals surface area contributed by atoms with Gasteiger partial charge in [0.05, 0.1) is 106 Å². The van der Waals surface area contributed by atoms with Gasteiger partial charge in [0.2, 0.25) is 5.75 Å². The molecule has 6 heterocycles. The number of aliphatic hydroxyl groups excluding tert-OH is 2. The predicted molar refractivity (Wildman–Crippen MR) is 531 cm³/mol. The largest absolute Gasteiger partial charge is 0.646 e. The van der Waals surface area contributed by atoms with Crippen LogP contribution in [0.1, 0.15) is 151 Å². The third kappa shape index (κ3) is 37.0. The molecule has 0 unspecified atom stereocenters. The first kappa shape index (κ1) is 108. The molecule has 744 valence electrons. The molecule has 0 spiro atoms. The van der Waals surface area contributed by atoms with E-state index in [0.29, 0.717) is 141 Å². The van der Waals surface area contributed by atoms with Gasteiger partial charge in [-0.1, -0.05) is 193 Å². The number of ether oxygens (including phenoxy) is 13. The average molecular weight is 2030 g/mol. The van der Waals surface area contributed by atoms with E-state index in [1.54, 1.807) is 45.8 Å². The number of carbonyl (C=O) groups is 1. The van der Waals surface area contributed by atoms with Crippen molar-refractivity contribution >= 4 is 86.5 Å². The highest BCUT2D eigenvalue weighted by atomic mass is 28.6. The maximum Gasteiger partial charge on any atom is 0.646 e. The van der Waals surface area contributed by atoms with Gasteiger partial charge in [-0.3, -0.25) is 0 Å². The van der Waals surface area contributed by atoms with Crippen molar-refractivity contribution in [2.45, 2.75) is 207 Å². The molecule has 6 aliphatic rings. The van der Waals surface area contributed by atoms with E-state index >= 15 is 0 Å². The zero-order valence-corrected chi connectivity index (χ0v) is 89.9. The molecule has 1 amide bonds. The highest BCUT2D eigenvalue weighted by Gasteiger charge is 2.80. The van der Waals surface area contributed by atoms with E-state index in [-0.39, 0.29) is 26.4 Å². The van der Waals surface area contributed by atoms with Crippen LogP contribution in [0.5, 0.6) is 34.5 Å². The molecule has 0 aliphatic carbocycles. The van der Waals surface area contributed by atoms with E-state index in [0.717, 1.165) is 193 Å². The number of aryl methyl sites for hydroxylation is 3. The summed E-state index contributed by atoms with van der Waals surface area (Å²) in [6.45, 7) is 22.8. The van der Waals surface area contributed by atoms with Crippen LogP contribution >= 0.6 is 0 Å². The molecule has 0 saturated carbocycles. The first-order valence-electron chi connectivity index (χ1n) is 48.7. The SMILES string of the molecule is CCCOCCOCCOc1ccc(-c2ccc(CCCCCCCCOc3c(OCCCCCCCCc4ccc(-c5ccc(OCCOCCOCCO)cc5)cc4)cc(COC(=O)NCC[SiH2]O[Si]45O[Si]6(C)O[Si]7(C)O[Si]8(C)O[Si](C)(O6)O[Si](C)(O[Si](C)(O8)O[Si](C)(O7)O4)O5)cc3OCCCCCCCCc3ccc(-c4ccc(OCCOCCOCCO)cc4)cc3)cc2)cc1. The fourth-order valence-corrected chi connectivity index (χ4v) is 63.6. The molecule has 0 aromatic heterocycles. The number of unbranched alkanes of at least 4 members (excludes halogenated alkanes) is 15. The molecule has 8 bridgehead atoms. The Morgan fingerprint density at radius 1 is 0.304 bits per heavy atom. The summed E-state index contributed by atoms with van der Waals surface area (Å²) in [6, 6.07) is 55.5. The van der Waals surface area contributed by atoms with E-state index in [1.165, 1.54) is 22.3 Å². The fourth-order valence-electron chi connectivity index (χ4n) is 16.7. The Kier molecular flexibility index (Phi) is 44.5. The van der Waals surface area contributed by atoms with Crippen molar-refractivity contribution in [1.29, 1.82) is 0 Å². The van der Waals surface area contributed by atoms with Crippen molar-refractivity contribution in [3.8, 4) is 67.9 Å². The van der Waals surface area contributed by atoms with Gasteiger partial charge in [-0.05, 0) is 174 Å². The smallest absolute Gasteiger partial charge is 0.491 e. The van der Waals surface area contributed by atoms with Gasteiger partial charge in [0, 0.05) is 59.0 Å². The number of rotatable bonds is 67. The second-order valence-corrected chi connectivity index (χ2v) is 60.0. The number of nitrogens with one attached hydrogen (secondary N) is 1. The summed E-state index contributed by atoms with van der Waals surface area (Å²) in [5.74, 6) is 4.07. The maximum atomic E-state index is 13.9. The number of alkyl carbamates (subject to hydrolysis) is 1. The standard InChI is InChI=1S/C96H145NO29Si9/c1-9-58-101-64-67-104-70-73-107-90-49-43-87(44-50-90)86-41-35-82(36-42-86)30-24-18-12-15-21-27-61-112-95-93(110-59-25-19-13-10-16-22-28-80-31-37-84(38-32-80)88-45-51-91(52-46-88)108-74-71-105-68-65-102-62-56-98)77-83(78-94(95)111-60-26-20-14-11-17-23-29-81-33-39-85(40-34-81)89-47-53-92(54-48-89)109-75-72-106-69-66-103-63-57-99)79-113-96(100)97-55-76-127-114-135-124-132(6)118-129(3)115-128(2)116-130(4,120-132)122-134(8,126-135)123-131(5,117-128)121-133(7,119-129)125-135/h31-54,77-78,98-99H,9-30,55-76,79,127H2,1-8H3,(H,97,100). The quantitative estimate of drug-likeness (QED) is 0.0236. The molecular weight excluding hydrogens is 1880 g/mol. The molecule has 30 nitrogen and oxygen atoms in total. The van der Waals surface area contributed by atoms with Gasteiger partial charge >= 0.3 is 76.8 Å². The Bertz CT molecular complexity index is 4310. The van der Waals surface area contributed by atoms with E-state index in [2.05, 4.69) is 121 Å². The Balaban J connectivity index is 0.640. The van der Waals surface area contributed by atoms with E-state index in [4.69, 9.17) is 125 Å². The molecule has 6 saturated heterocycles. The highest BCUT2D eigenvalue weighted by molar-refractivity contribution is 7.02. The van der Waals surface area contributed by atoms with Crippen LogP contribution in [0.3, 0.4) is 0 Å². The summed E-state index contributed by atoms with van der Waals surface area (Å²) < 4.78 is 165. The minimum Gasteiger partial charge on any atom is -0.491 e. The Morgan fingerprint density at radius 2 is 0.578 bits per heavy atom. The van der Waals surface area contributed by atoms with Gasteiger partial charge in [0.1, 0.15) is 43.7 Å². The molecule has 135 heavy (non-hydrogen) atoms. The van der Waals surface area contributed by atoms with Gasteiger partial charge in [0.25, 0.3) is 0 Å². The summed E-state index contributed by atoms with van der Waals surface area (Å²) >= 11 is 0. The highest BCUT2D eigenvalue weighted by Crippen LogP contribution is 2.49. The van der Waals surface area contributed by atoms with Crippen molar-refractivity contribution in [1.82, 2.24) is 5.32 Å². The van der Waals surface area contributed by atoms with Crippen LogP contribution in [0.2, 0.25) is 51.9 Å². The van der Waals surface area contributed by atoms with Crippen LogP contribution in [-0.2, 0) is 113 Å². The molecule has 0 radical (unpaired) electrons. The van der Waals surface area contributed by atoms with Crippen LogP contribution in [0.25, 0.3) is 33.4 Å². The molecule has 39 heteroatoms. The minimum atomic E-state index is -4.37. The third-order valence-electron chi connectivity index (χ3n) is 22.8. The summed E-state index contributed by atoms with van der Waals surface area (Å²) in [4.78, 5) is 13.9. The molecule has 3 N–H and O–H groups in total. The number of benzene rings is 7. The lowest BCUT2D eigenvalue weighted by Gasteiger charge is -2.60. The van der Waals surface area contributed by atoms with E-state index in [9.17, 15) is 4.79 Å². The predicted octanol–water partition coefficient (Wildman–Crippen LogP) is 17.6. The second kappa shape index (κ2) is 55.8. The first-order chi connectivity index (χ1) is 65.5. The normalized spacial score (nSPS) is 22.8. The summed E-state index contributed by atoms with van der Waals surface area (Å²) in [5.41, 5.74) is 11.6.